The van der Waals surface area contributed by atoms with Crippen molar-refractivity contribution in [3.8, 4) is 10.4 Å². The summed E-state index contributed by atoms with van der Waals surface area (Å²) in [5, 5.41) is 4.03. The van der Waals surface area contributed by atoms with Crippen LogP contribution in [0.4, 0.5) is 10.4 Å². The number of carbonyl (C=O) groups excluding carboxylic acids is 1. The number of benzene rings is 1. The molecule has 1 atom stereocenters. The molecule has 5 rings (SSSR count). The molecule has 1 fully saturated rings. The first-order valence-corrected chi connectivity index (χ1v) is 11.4. The van der Waals surface area contributed by atoms with E-state index in [-0.39, 0.29) is 17.8 Å². The van der Waals surface area contributed by atoms with Gasteiger partial charge in [-0.1, -0.05) is 12.1 Å². The number of aryl methyl sites for hydroxylation is 1. The number of amides is 1. The Kier molecular flexibility index (Phi) is 5.57. The molecule has 0 spiro atoms. The van der Waals surface area contributed by atoms with Crippen molar-refractivity contribution in [1.29, 1.82) is 0 Å². The Morgan fingerprint density at radius 3 is 2.91 bits per heavy atom. The summed E-state index contributed by atoms with van der Waals surface area (Å²) < 4.78 is 19.1. The van der Waals surface area contributed by atoms with Crippen molar-refractivity contribution in [3.05, 3.63) is 59.1 Å². The number of halogens is 1. The molecule has 164 valence electrons. The van der Waals surface area contributed by atoms with Gasteiger partial charge in [0.15, 0.2) is 5.58 Å². The molecule has 9 heteroatoms. The molecule has 0 bridgehead atoms. The minimum absolute atomic E-state index is 0.0118. The molecule has 3 aromatic heterocycles. The second-order valence-corrected chi connectivity index (χ2v) is 8.99. The maximum atomic E-state index is 13.6. The number of carbonyl (C=O) groups is 1. The third-order valence-corrected chi connectivity index (χ3v) is 6.60. The smallest absolute Gasteiger partial charge is 0.297 e. The molecular weight excluding hydrogens is 429 g/mol. The highest BCUT2D eigenvalue weighted by molar-refractivity contribution is 7.15. The van der Waals surface area contributed by atoms with E-state index in [0.29, 0.717) is 36.0 Å². The maximum Gasteiger partial charge on any atom is 0.297 e. The molecule has 0 saturated carbocycles. The van der Waals surface area contributed by atoms with Crippen LogP contribution in [-0.4, -0.2) is 44.9 Å². The molecule has 4 aromatic rings. The van der Waals surface area contributed by atoms with Crippen LogP contribution < -0.4 is 5.32 Å². The fraction of sp³-hybridized carbons (Fsp3) is 0.304. The Hall–Kier alpha value is -3.33. The molecule has 1 N–H and O–H groups in total. The fourth-order valence-corrected chi connectivity index (χ4v) is 4.95. The lowest BCUT2D eigenvalue weighted by Crippen LogP contribution is -2.47. The molecule has 1 aliphatic heterocycles. The highest BCUT2D eigenvalue weighted by atomic mass is 32.1. The molecule has 1 unspecified atom stereocenters. The summed E-state index contributed by atoms with van der Waals surface area (Å²) in [6.07, 6.45) is 4.55. The van der Waals surface area contributed by atoms with E-state index in [1.165, 1.54) is 23.5 Å². The van der Waals surface area contributed by atoms with E-state index in [1.54, 1.807) is 24.4 Å². The highest BCUT2D eigenvalue weighted by Crippen LogP contribution is 2.32. The van der Waals surface area contributed by atoms with Gasteiger partial charge in [0.05, 0.1) is 9.88 Å². The van der Waals surface area contributed by atoms with Crippen LogP contribution in [-0.2, 0) is 0 Å². The third-order valence-electron chi connectivity index (χ3n) is 5.58. The number of hydrogen-bond donors (Lipinski definition) is 1. The number of fused-ring (bicyclic) bond motifs is 1. The standard InChI is InChI=1S/C23H22FN5O2S/c1-14-27-19(20(32-14)15-7-9-16(24)10-8-15)22(30)29-12-3-2-5-17(29)13-26-23-28-21-18(31-23)6-4-11-25-21/h4,6-11,17H,2-3,5,12-13H2,1H3,(H,25,26,28). The van der Waals surface area contributed by atoms with E-state index in [0.717, 1.165) is 34.7 Å². The number of oxazole rings is 1. The van der Waals surface area contributed by atoms with Gasteiger partial charge >= 0.3 is 0 Å². The van der Waals surface area contributed by atoms with Crippen molar-refractivity contribution in [1.82, 2.24) is 19.9 Å². The number of hydrogen-bond acceptors (Lipinski definition) is 7. The molecule has 7 nitrogen and oxygen atoms in total. The number of piperidine rings is 1. The predicted molar refractivity (Wildman–Crippen MR) is 121 cm³/mol. The van der Waals surface area contributed by atoms with Gasteiger partial charge in [-0.25, -0.2) is 14.4 Å². The molecule has 0 radical (unpaired) electrons. The average Bonchev–Trinajstić information content (AvgIpc) is 3.41. The first kappa shape index (κ1) is 20.6. The second kappa shape index (κ2) is 8.66. The van der Waals surface area contributed by atoms with E-state index in [4.69, 9.17) is 4.42 Å². The van der Waals surface area contributed by atoms with Crippen LogP contribution in [0.1, 0.15) is 34.8 Å². The topological polar surface area (TPSA) is 84.2 Å². The highest BCUT2D eigenvalue weighted by Gasteiger charge is 2.31. The van der Waals surface area contributed by atoms with Gasteiger partial charge in [-0.15, -0.1) is 11.3 Å². The summed E-state index contributed by atoms with van der Waals surface area (Å²) >= 11 is 1.45. The van der Waals surface area contributed by atoms with Crippen molar-refractivity contribution in [3.63, 3.8) is 0 Å². The zero-order chi connectivity index (χ0) is 22.1. The van der Waals surface area contributed by atoms with Crippen molar-refractivity contribution in [2.45, 2.75) is 32.2 Å². The predicted octanol–water partition coefficient (Wildman–Crippen LogP) is 4.90. The number of aromatic nitrogens is 3. The van der Waals surface area contributed by atoms with Crippen LogP contribution in [0.2, 0.25) is 0 Å². The monoisotopic (exact) mass is 451 g/mol. The quantitative estimate of drug-likeness (QED) is 0.465. The lowest BCUT2D eigenvalue weighted by atomic mass is 10.0. The molecule has 1 saturated heterocycles. The molecule has 4 heterocycles. The second-order valence-electron chi connectivity index (χ2n) is 7.79. The van der Waals surface area contributed by atoms with Gasteiger partial charge in [0.1, 0.15) is 11.5 Å². The number of likely N-dealkylation sites (tertiary alicyclic amines) is 1. The summed E-state index contributed by atoms with van der Waals surface area (Å²) in [5.74, 6) is -0.404. The zero-order valence-corrected chi connectivity index (χ0v) is 18.4. The SMILES string of the molecule is Cc1nc(C(=O)N2CCCCC2CNc2nc3ncccc3o2)c(-c2ccc(F)cc2)s1. The molecule has 0 aliphatic carbocycles. The number of nitrogens with zero attached hydrogens (tertiary/aromatic N) is 4. The van der Waals surface area contributed by atoms with Crippen LogP contribution in [0.25, 0.3) is 21.7 Å². The Morgan fingerprint density at radius 1 is 1.25 bits per heavy atom. The number of thiazole rings is 1. The largest absolute Gasteiger partial charge is 0.422 e. The number of rotatable bonds is 5. The van der Waals surface area contributed by atoms with Crippen LogP contribution >= 0.6 is 11.3 Å². The Balaban J connectivity index is 1.36. The van der Waals surface area contributed by atoms with E-state index < -0.39 is 0 Å². The summed E-state index contributed by atoms with van der Waals surface area (Å²) in [6.45, 7) is 3.07. The summed E-state index contributed by atoms with van der Waals surface area (Å²) in [6, 6.07) is 10.2. The minimum atomic E-state index is -0.306. The Bertz CT molecular complexity index is 1220. The van der Waals surface area contributed by atoms with Gasteiger partial charge in [0.25, 0.3) is 11.9 Å². The lowest BCUT2D eigenvalue weighted by Gasteiger charge is -2.35. The van der Waals surface area contributed by atoms with Crippen molar-refractivity contribution >= 4 is 34.5 Å². The first-order chi connectivity index (χ1) is 15.6. The Morgan fingerprint density at radius 2 is 2.09 bits per heavy atom. The van der Waals surface area contributed by atoms with Crippen molar-refractivity contribution in [2.24, 2.45) is 0 Å². The van der Waals surface area contributed by atoms with E-state index in [2.05, 4.69) is 20.3 Å². The van der Waals surface area contributed by atoms with Gasteiger partial charge in [0.2, 0.25) is 5.65 Å². The number of pyridine rings is 1. The molecule has 1 aromatic carbocycles. The zero-order valence-electron chi connectivity index (χ0n) is 17.5. The fourth-order valence-electron chi connectivity index (χ4n) is 4.03. The summed E-state index contributed by atoms with van der Waals surface area (Å²) in [5.41, 5.74) is 2.39. The normalized spacial score (nSPS) is 16.4. The van der Waals surface area contributed by atoms with Gasteiger partial charge in [-0.3, -0.25) is 4.79 Å². The van der Waals surface area contributed by atoms with Crippen LogP contribution in [0.3, 0.4) is 0 Å². The average molecular weight is 452 g/mol. The molecule has 32 heavy (non-hydrogen) atoms. The van der Waals surface area contributed by atoms with Crippen LogP contribution in [0.15, 0.2) is 47.0 Å². The van der Waals surface area contributed by atoms with Gasteiger partial charge in [-0.2, -0.15) is 4.98 Å². The third kappa shape index (κ3) is 4.08. The van der Waals surface area contributed by atoms with E-state index in [9.17, 15) is 9.18 Å². The van der Waals surface area contributed by atoms with Gasteiger partial charge < -0.3 is 14.6 Å². The first-order valence-electron chi connectivity index (χ1n) is 10.6. The van der Waals surface area contributed by atoms with Crippen molar-refractivity contribution < 1.29 is 13.6 Å². The van der Waals surface area contributed by atoms with E-state index >= 15 is 0 Å². The van der Waals surface area contributed by atoms with Crippen LogP contribution in [0.5, 0.6) is 0 Å². The van der Waals surface area contributed by atoms with Crippen LogP contribution in [0, 0.1) is 12.7 Å². The summed E-state index contributed by atoms with van der Waals surface area (Å²) in [4.78, 5) is 29.3. The summed E-state index contributed by atoms with van der Waals surface area (Å²) in [7, 11) is 0. The Labute approximate surface area is 188 Å². The van der Waals surface area contributed by atoms with E-state index in [1.807, 2.05) is 17.9 Å². The molecule has 1 aliphatic rings. The van der Waals surface area contributed by atoms with Gasteiger partial charge in [0, 0.05) is 25.3 Å². The minimum Gasteiger partial charge on any atom is -0.422 e. The molecule has 1 amide bonds. The number of anilines is 1. The van der Waals surface area contributed by atoms with Gasteiger partial charge in [-0.05, 0) is 56.0 Å². The molecular formula is C23H22FN5O2S. The van der Waals surface area contributed by atoms with Crippen molar-refractivity contribution in [2.75, 3.05) is 18.4 Å². The number of nitrogens with one attached hydrogen (secondary N) is 1. The lowest BCUT2D eigenvalue weighted by molar-refractivity contribution is 0.0623. The maximum absolute atomic E-state index is 13.6.